The molecule has 0 amide bonds. The van der Waals surface area contributed by atoms with Crippen LogP contribution in [0.5, 0.6) is 0 Å². The lowest BCUT2D eigenvalue weighted by Crippen LogP contribution is -2.36. The first-order valence-corrected chi connectivity index (χ1v) is 13.1. The van der Waals surface area contributed by atoms with Crippen molar-refractivity contribution in [1.29, 1.82) is 0 Å². The predicted octanol–water partition coefficient (Wildman–Crippen LogP) is 6.98. The van der Waals surface area contributed by atoms with Crippen LogP contribution in [0.15, 0.2) is 23.8 Å². The van der Waals surface area contributed by atoms with Crippen LogP contribution in [0.25, 0.3) is 0 Å². The highest BCUT2D eigenvalue weighted by molar-refractivity contribution is 5.91. The smallest absolute Gasteiger partial charge is 0.140 e. The summed E-state index contributed by atoms with van der Waals surface area (Å²) < 4.78 is 0. The highest BCUT2D eigenvalue weighted by atomic mass is 16.3. The van der Waals surface area contributed by atoms with Crippen molar-refractivity contribution in [2.24, 2.45) is 51.8 Å². The molecule has 4 aliphatic rings. The Morgan fingerprint density at radius 2 is 1.87 bits per heavy atom. The molecule has 4 aliphatic carbocycles. The molecule has 4 rings (SSSR count). The summed E-state index contributed by atoms with van der Waals surface area (Å²) in [6, 6.07) is 0. The second-order valence-corrected chi connectivity index (χ2v) is 12.9. The predicted molar refractivity (Wildman–Crippen MR) is 129 cm³/mol. The lowest BCUT2D eigenvalue weighted by atomic mass is 9.60. The van der Waals surface area contributed by atoms with Crippen molar-refractivity contribution in [2.45, 2.75) is 92.9 Å². The van der Waals surface area contributed by atoms with E-state index >= 15 is 0 Å². The molecule has 4 fully saturated rings. The van der Waals surface area contributed by atoms with E-state index in [-0.39, 0.29) is 17.9 Å². The fourth-order valence-electron chi connectivity index (χ4n) is 7.78. The van der Waals surface area contributed by atoms with E-state index in [0.29, 0.717) is 40.3 Å². The van der Waals surface area contributed by atoms with E-state index in [9.17, 15) is 9.90 Å². The minimum Gasteiger partial charge on any atom is -0.396 e. The van der Waals surface area contributed by atoms with E-state index in [4.69, 9.17) is 0 Å². The van der Waals surface area contributed by atoms with Gasteiger partial charge in [0.2, 0.25) is 0 Å². The van der Waals surface area contributed by atoms with Gasteiger partial charge in [-0.25, -0.2) is 0 Å². The quantitative estimate of drug-likeness (QED) is 0.465. The fraction of sp³-hybridized carbons (Fsp3) is 0.828. The SMILES string of the molecule is C[C@H](/C=C/[C@H](C)C(C)(C)C)[C@H]1CC[C@H]2/C(=C/[C@@H](CO)[C@]34C[C@H]3CCC4=O)CCC[C@]12C. The van der Waals surface area contributed by atoms with Crippen LogP contribution in [0, 0.1) is 51.8 Å². The van der Waals surface area contributed by atoms with E-state index in [1.54, 1.807) is 5.57 Å². The maximum absolute atomic E-state index is 12.7. The number of allylic oxidation sites excluding steroid dienone is 3. The van der Waals surface area contributed by atoms with Crippen molar-refractivity contribution < 1.29 is 9.90 Å². The Morgan fingerprint density at radius 3 is 2.45 bits per heavy atom. The average molecular weight is 427 g/mol. The molecule has 2 heteroatoms. The number of aliphatic hydroxyl groups is 1. The van der Waals surface area contributed by atoms with E-state index in [1.807, 2.05) is 0 Å². The highest BCUT2D eigenvalue weighted by Gasteiger charge is 2.66. The molecule has 8 atom stereocenters. The van der Waals surface area contributed by atoms with E-state index in [2.05, 4.69) is 59.8 Å². The largest absolute Gasteiger partial charge is 0.396 e. The Labute approximate surface area is 191 Å². The zero-order chi connectivity index (χ0) is 22.6. The van der Waals surface area contributed by atoms with E-state index in [0.717, 1.165) is 25.2 Å². The lowest BCUT2D eigenvalue weighted by molar-refractivity contribution is -0.124. The molecule has 1 N–H and O–H groups in total. The Hall–Kier alpha value is -0.890. The molecule has 0 unspecified atom stereocenters. The summed E-state index contributed by atoms with van der Waals surface area (Å²) in [4.78, 5) is 12.7. The highest BCUT2D eigenvalue weighted by Crippen LogP contribution is 2.67. The topological polar surface area (TPSA) is 37.3 Å². The van der Waals surface area contributed by atoms with Crippen LogP contribution in [0.3, 0.4) is 0 Å². The summed E-state index contributed by atoms with van der Waals surface area (Å²) in [6.45, 7) is 14.4. The first-order valence-electron chi connectivity index (χ1n) is 13.1. The molecule has 174 valence electrons. The monoisotopic (exact) mass is 426 g/mol. The maximum Gasteiger partial charge on any atom is 0.140 e. The minimum absolute atomic E-state index is 0.0638. The molecule has 4 saturated carbocycles. The van der Waals surface area contributed by atoms with E-state index < -0.39 is 0 Å². The average Bonchev–Trinajstić information content (AvgIpc) is 3.21. The Bertz CT molecular complexity index is 755. The third kappa shape index (κ3) is 3.90. The molecular formula is C29H46O2. The Morgan fingerprint density at radius 1 is 1.13 bits per heavy atom. The number of rotatable bonds is 6. The number of Topliss-reactive ketones (excluding diaryl/α,β-unsaturated/α-hetero) is 1. The second kappa shape index (κ2) is 8.15. The fourth-order valence-corrected chi connectivity index (χ4v) is 7.78. The number of carbonyl (C=O) groups excluding carboxylic acids is 1. The summed E-state index contributed by atoms with van der Waals surface area (Å²) in [7, 11) is 0. The zero-order valence-corrected chi connectivity index (χ0v) is 20.9. The van der Waals surface area contributed by atoms with Gasteiger partial charge < -0.3 is 5.11 Å². The number of ketones is 1. The molecule has 0 bridgehead atoms. The molecule has 0 radical (unpaired) electrons. The molecule has 0 aliphatic heterocycles. The Balaban J connectivity index is 1.52. The number of hydrogen-bond acceptors (Lipinski definition) is 2. The van der Waals surface area contributed by atoms with Crippen molar-refractivity contribution in [3.63, 3.8) is 0 Å². The summed E-state index contributed by atoms with van der Waals surface area (Å²) in [5, 5.41) is 10.3. The van der Waals surface area contributed by atoms with Gasteiger partial charge in [0.1, 0.15) is 5.78 Å². The maximum atomic E-state index is 12.7. The van der Waals surface area contributed by atoms with Gasteiger partial charge >= 0.3 is 0 Å². The molecule has 0 aromatic heterocycles. The summed E-state index contributed by atoms with van der Waals surface area (Å²) in [5.41, 5.74) is 2.07. The van der Waals surface area contributed by atoms with Crippen LogP contribution in [0.2, 0.25) is 0 Å². The van der Waals surface area contributed by atoms with Gasteiger partial charge in [-0.05, 0) is 85.4 Å². The van der Waals surface area contributed by atoms with Crippen LogP contribution in [-0.2, 0) is 4.79 Å². The second-order valence-electron chi connectivity index (χ2n) is 12.9. The van der Waals surface area contributed by atoms with Gasteiger partial charge in [-0.1, -0.05) is 65.3 Å². The molecule has 0 aromatic carbocycles. The van der Waals surface area contributed by atoms with Crippen molar-refractivity contribution in [3.8, 4) is 0 Å². The van der Waals surface area contributed by atoms with Gasteiger partial charge in [0.25, 0.3) is 0 Å². The normalized spacial score (nSPS) is 42.0. The van der Waals surface area contributed by atoms with Crippen molar-refractivity contribution in [1.82, 2.24) is 0 Å². The molecule has 0 spiro atoms. The summed E-state index contributed by atoms with van der Waals surface area (Å²) >= 11 is 0. The van der Waals surface area contributed by atoms with Gasteiger partial charge in [-0.2, -0.15) is 0 Å². The Kier molecular flexibility index (Phi) is 6.12. The molecule has 0 saturated heterocycles. The van der Waals surface area contributed by atoms with Crippen LogP contribution < -0.4 is 0 Å². The minimum atomic E-state index is -0.188. The molecule has 2 nitrogen and oxygen atoms in total. The van der Waals surface area contributed by atoms with Gasteiger partial charge in [0, 0.05) is 17.8 Å². The number of carbonyl (C=O) groups is 1. The van der Waals surface area contributed by atoms with Crippen LogP contribution in [0.1, 0.15) is 92.9 Å². The van der Waals surface area contributed by atoms with Crippen LogP contribution in [-0.4, -0.2) is 17.5 Å². The zero-order valence-electron chi connectivity index (χ0n) is 20.9. The number of hydrogen-bond donors (Lipinski definition) is 1. The third-order valence-corrected chi connectivity index (χ3v) is 10.4. The van der Waals surface area contributed by atoms with Gasteiger partial charge in [0.15, 0.2) is 0 Å². The molecule has 31 heavy (non-hydrogen) atoms. The van der Waals surface area contributed by atoms with E-state index in [1.165, 1.54) is 32.1 Å². The van der Waals surface area contributed by atoms with Crippen molar-refractivity contribution in [2.75, 3.05) is 6.61 Å². The van der Waals surface area contributed by atoms with Gasteiger partial charge in [0.05, 0.1) is 6.61 Å². The first kappa shape index (κ1) is 23.3. The van der Waals surface area contributed by atoms with Crippen LogP contribution in [0.4, 0.5) is 0 Å². The number of fused-ring (bicyclic) bond motifs is 2. The summed E-state index contributed by atoms with van der Waals surface area (Å²) in [5.74, 6) is 3.61. The molecule has 0 heterocycles. The van der Waals surface area contributed by atoms with Crippen molar-refractivity contribution in [3.05, 3.63) is 23.8 Å². The van der Waals surface area contributed by atoms with Crippen molar-refractivity contribution >= 4 is 5.78 Å². The molecular weight excluding hydrogens is 380 g/mol. The van der Waals surface area contributed by atoms with Gasteiger partial charge in [-0.15, -0.1) is 0 Å². The number of aliphatic hydroxyl groups excluding tert-OH is 1. The third-order valence-electron chi connectivity index (χ3n) is 10.4. The van der Waals surface area contributed by atoms with Gasteiger partial charge in [-0.3, -0.25) is 4.79 Å². The molecule has 0 aromatic rings. The lowest BCUT2D eigenvalue weighted by Gasteiger charge is -2.44. The van der Waals surface area contributed by atoms with Crippen LogP contribution >= 0.6 is 0 Å². The summed E-state index contributed by atoms with van der Waals surface area (Å²) in [6.07, 6.45) is 16.5. The standard InChI is InChI=1S/C29H46O2/c1-19(9-10-20(2)27(3,4)5)24-12-13-25-21(8-7-15-28(24,25)6)16-23(18-30)29-17-22(29)11-14-26(29)31/h9-10,16,19-20,22-25,30H,7-8,11-15,17-18H2,1-6H3/b10-9+,21-16+/t19-,20+,22-,23+,24-,25+,28-,29+/m1/s1. The first-order chi connectivity index (χ1) is 14.5.